The molecule has 0 aliphatic heterocycles. The lowest BCUT2D eigenvalue weighted by atomic mass is 10.0. The summed E-state index contributed by atoms with van der Waals surface area (Å²) in [6.07, 6.45) is 0. The van der Waals surface area contributed by atoms with Crippen LogP contribution in [0.25, 0.3) is 21.7 Å². The highest BCUT2D eigenvalue weighted by Crippen LogP contribution is 2.29. The van der Waals surface area contributed by atoms with E-state index in [4.69, 9.17) is 9.72 Å². The quantitative estimate of drug-likeness (QED) is 0.485. The van der Waals surface area contributed by atoms with Gasteiger partial charge in [-0.1, -0.05) is 36.4 Å². The molecule has 0 aliphatic carbocycles. The van der Waals surface area contributed by atoms with Crippen LogP contribution in [0, 0.1) is 6.92 Å². The number of nitrogens with zero attached hydrogens (tertiary/aromatic N) is 1. The minimum atomic E-state index is -3.53. The number of methoxy groups -OCH3 is 1. The average molecular weight is 377 g/mol. The summed E-state index contributed by atoms with van der Waals surface area (Å²) in [6.45, 7) is 2.00. The third kappa shape index (κ3) is 3.26. The van der Waals surface area contributed by atoms with Gasteiger partial charge in [0.1, 0.15) is 5.75 Å². The Kier molecular flexibility index (Phi) is 4.32. The predicted molar refractivity (Wildman–Crippen MR) is 108 cm³/mol. The van der Waals surface area contributed by atoms with Gasteiger partial charge in [-0.15, -0.1) is 0 Å². The van der Waals surface area contributed by atoms with Crippen molar-refractivity contribution in [3.05, 3.63) is 78.0 Å². The maximum atomic E-state index is 13.0. The minimum absolute atomic E-state index is 0.149. The first-order valence-corrected chi connectivity index (χ1v) is 10.3. The predicted octanol–water partition coefficient (Wildman–Crippen LogP) is 4.68. The molecule has 0 atom stereocenters. The zero-order valence-electron chi connectivity index (χ0n) is 15.1. The fraction of sp³-hybridized carbons (Fsp3) is 0.136. The van der Waals surface area contributed by atoms with Gasteiger partial charge in [0.2, 0.25) is 0 Å². The number of hydrogen-bond donors (Lipinski definition) is 0. The number of hydrogen-bond acceptors (Lipinski definition) is 4. The van der Waals surface area contributed by atoms with E-state index in [-0.39, 0.29) is 10.6 Å². The van der Waals surface area contributed by atoms with Gasteiger partial charge < -0.3 is 4.74 Å². The van der Waals surface area contributed by atoms with Crippen LogP contribution in [0.4, 0.5) is 0 Å². The molecule has 3 aromatic carbocycles. The molecule has 0 saturated heterocycles. The van der Waals surface area contributed by atoms with Gasteiger partial charge in [-0.3, -0.25) is 4.98 Å². The lowest BCUT2D eigenvalue weighted by molar-refractivity contribution is 0.414. The molecule has 0 spiro atoms. The molecule has 5 heteroatoms. The third-order valence-electron chi connectivity index (χ3n) is 4.68. The molecule has 1 heterocycles. The number of benzene rings is 3. The lowest BCUT2D eigenvalue weighted by Gasteiger charge is -2.11. The maximum absolute atomic E-state index is 13.0. The Bertz CT molecular complexity index is 1250. The number of aromatic nitrogens is 1. The summed E-state index contributed by atoms with van der Waals surface area (Å²) in [5.41, 5.74) is 2.47. The molecule has 0 radical (unpaired) electrons. The first-order valence-electron chi connectivity index (χ1n) is 8.63. The molecule has 0 fully saturated rings. The number of sulfone groups is 1. The fourth-order valence-corrected chi connectivity index (χ4v) is 4.59. The van der Waals surface area contributed by atoms with E-state index in [1.807, 2.05) is 49.4 Å². The van der Waals surface area contributed by atoms with E-state index in [0.717, 1.165) is 27.2 Å². The topological polar surface area (TPSA) is 56.3 Å². The van der Waals surface area contributed by atoms with Gasteiger partial charge in [0.15, 0.2) is 9.84 Å². The van der Waals surface area contributed by atoms with E-state index < -0.39 is 9.84 Å². The van der Waals surface area contributed by atoms with Gasteiger partial charge in [0.25, 0.3) is 0 Å². The average Bonchev–Trinajstić information content (AvgIpc) is 2.67. The van der Waals surface area contributed by atoms with Crippen LogP contribution in [0.1, 0.15) is 11.3 Å². The van der Waals surface area contributed by atoms with Crippen LogP contribution in [0.2, 0.25) is 0 Å². The zero-order chi connectivity index (χ0) is 19.0. The number of rotatable bonds is 4. The Morgan fingerprint density at radius 1 is 0.889 bits per heavy atom. The van der Waals surface area contributed by atoms with Crippen LogP contribution in [0.5, 0.6) is 5.75 Å². The smallest absolute Gasteiger partial charge is 0.184 e. The second-order valence-electron chi connectivity index (χ2n) is 6.56. The van der Waals surface area contributed by atoms with Crippen molar-refractivity contribution in [1.29, 1.82) is 0 Å². The maximum Gasteiger partial charge on any atom is 0.184 e. The van der Waals surface area contributed by atoms with E-state index in [1.54, 1.807) is 31.4 Å². The highest BCUT2D eigenvalue weighted by atomic mass is 32.2. The Balaban J connectivity index is 1.86. The SMILES string of the molecule is COc1ccc(S(=O)(=O)Cc2nc3cc(C)ccc3c3ccccc23)cc1. The molecule has 0 saturated carbocycles. The Labute approximate surface area is 158 Å². The first-order chi connectivity index (χ1) is 13.0. The number of ether oxygens (including phenoxy) is 1. The second kappa shape index (κ2) is 6.67. The van der Waals surface area contributed by atoms with Crippen LogP contribution in [0.15, 0.2) is 71.6 Å². The molecule has 136 valence electrons. The van der Waals surface area contributed by atoms with Crippen molar-refractivity contribution in [2.75, 3.05) is 7.11 Å². The van der Waals surface area contributed by atoms with E-state index in [9.17, 15) is 8.42 Å². The van der Waals surface area contributed by atoms with E-state index in [1.165, 1.54) is 0 Å². The van der Waals surface area contributed by atoms with Gasteiger partial charge >= 0.3 is 0 Å². The van der Waals surface area contributed by atoms with Crippen molar-refractivity contribution in [1.82, 2.24) is 4.98 Å². The standard InChI is InChI=1S/C22H19NO3S/c1-15-7-12-20-18-5-3-4-6-19(18)22(23-21(20)13-15)14-27(24,25)17-10-8-16(26-2)9-11-17/h3-13H,14H2,1-2H3. The highest BCUT2D eigenvalue weighted by Gasteiger charge is 2.19. The molecule has 4 aromatic rings. The Morgan fingerprint density at radius 3 is 2.30 bits per heavy atom. The van der Waals surface area contributed by atoms with Crippen molar-refractivity contribution >= 4 is 31.5 Å². The Morgan fingerprint density at radius 2 is 1.59 bits per heavy atom. The summed E-state index contributed by atoms with van der Waals surface area (Å²) in [5.74, 6) is 0.475. The van der Waals surface area contributed by atoms with Crippen molar-refractivity contribution < 1.29 is 13.2 Å². The molecular weight excluding hydrogens is 358 g/mol. The Hall–Kier alpha value is -2.92. The van der Waals surface area contributed by atoms with Crippen LogP contribution in [0.3, 0.4) is 0 Å². The molecule has 0 amide bonds. The summed E-state index contributed by atoms with van der Waals surface area (Å²) in [6, 6.07) is 20.3. The molecule has 0 N–H and O–H groups in total. The molecule has 4 nitrogen and oxygen atoms in total. The molecule has 27 heavy (non-hydrogen) atoms. The van der Waals surface area contributed by atoms with Gasteiger partial charge in [-0.2, -0.15) is 0 Å². The van der Waals surface area contributed by atoms with Gasteiger partial charge in [-0.05, 0) is 48.2 Å². The van der Waals surface area contributed by atoms with E-state index in [2.05, 4.69) is 0 Å². The van der Waals surface area contributed by atoms with E-state index >= 15 is 0 Å². The van der Waals surface area contributed by atoms with Crippen molar-refractivity contribution in [2.45, 2.75) is 17.6 Å². The van der Waals surface area contributed by atoms with Gasteiger partial charge in [0.05, 0.1) is 29.0 Å². The fourth-order valence-electron chi connectivity index (χ4n) is 3.29. The minimum Gasteiger partial charge on any atom is -0.497 e. The zero-order valence-corrected chi connectivity index (χ0v) is 16.0. The lowest BCUT2D eigenvalue weighted by Crippen LogP contribution is -2.07. The van der Waals surface area contributed by atoms with Crippen molar-refractivity contribution in [2.24, 2.45) is 0 Å². The molecule has 0 aliphatic rings. The van der Waals surface area contributed by atoms with Gasteiger partial charge in [-0.25, -0.2) is 8.42 Å². The number of fused-ring (bicyclic) bond motifs is 3. The number of pyridine rings is 1. The molecule has 1 aromatic heterocycles. The largest absolute Gasteiger partial charge is 0.497 e. The normalized spacial score (nSPS) is 11.8. The second-order valence-corrected chi connectivity index (χ2v) is 8.55. The monoisotopic (exact) mass is 377 g/mol. The van der Waals surface area contributed by atoms with E-state index in [0.29, 0.717) is 11.4 Å². The van der Waals surface area contributed by atoms with Crippen molar-refractivity contribution in [3.63, 3.8) is 0 Å². The molecular formula is C22H19NO3S. The summed E-state index contributed by atoms with van der Waals surface area (Å²) >= 11 is 0. The summed E-state index contributed by atoms with van der Waals surface area (Å²) in [7, 11) is -1.97. The molecule has 0 unspecified atom stereocenters. The van der Waals surface area contributed by atoms with Crippen LogP contribution < -0.4 is 4.74 Å². The summed E-state index contributed by atoms with van der Waals surface area (Å²) in [4.78, 5) is 4.97. The van der Waals surface area contributed by atoms with Crippen LogP contribution in [-0.4, -0.2) is 20.5 Å². The van der Waals surface area contributed by atoms with Gasteiger partial charge in [0, 0.05) is 10.8 Å². The third-order valence-corrected chi connectivity index (χ3v) is 6.33. The summed E-state index contributed by atoms with van der Waals surface area (Å²) in [5, 5.41) is 2.91. The van der Waals surface area contributed by atoms with Crippen molar-refractivity contribution in [3.8, 4) is 5.75 Å². The number of aryl methyl sites for hydroxylation is 1. The van der Waals surface area contributed by atoms with Crippen LogP contribution >= 0.6 is 0 Å². The first kappa shape index (κ1) is 17.5. The molecule has 4 rings (SSSR count). The summed E-state index contributed by atoms with van der Waals surface area (Å²) < 4.78 is 31.0. The molecule has 0 bridgehead atoms. The van der Waals surface area contributed by atoms with Crippen LogP contribution in [-0.2, 0) is 15.6 Å². The highest BCUT2D eigenvalue weighted by molar-refractivity contribution is 7.90.